The molecule has 13 heteroatoms. The molecule has 3 aromatic carbocycles. The van der Waals surface area contributed by atoms with Crippen LogP contribution in [-0.2, 0) is 16.6 Å². The number of rotatable bonds is 8. The van der Waals surface area contributed by atoms with Gasteiger partial charge >= 0.3 is 0 Å². The van der Waals surface area contributed by atoms with E-state index in [2.05, 4.69) is 25.6 Å². The van der Waals surface area contributed by atoms with Crippen LogP contribution in [0.15, 0.2) is 71.6 Å². The van der Waals surface area contributed by atoms with Crippen LogP contribution in [0.25, 0.3) is 0 Å². The molecule has 0 fully saturated rings. The summed E-state index contributed by atoms with van der Waals surface area (Å²) in [5.41, 5.74) is 1.30. The fourth-order valence-corrected chi connectivity index (χ4v) is 4.69. The summed E-state index contributed by atoms with van der Waals surface area (Å²) in [4.78, 5) is 25.1. The largest absolute Gasteiger partial charge is 0.346 e. The molecular formula is C25H20ClF2N5O4S. The number of halogens is 3. The number of carbonyl (C=O) groups excluding carboxylic acids is 2. The van der Waals surface area contributed by atoms with Crippen molar-refractivity contribution in [3.63, 3.8) is 0 Å². The van der Waals surface area contributed by atoms with Gasteiger partial charge in [0.15, 0.2) is 17.3 Å². The van der Waals surface area contributed by atoms with Crippen LogP contribution >= 0.6 is 11.6 Å². The molecule has 4 rings (SSSR count). The minimum atomic E-state index is -3.86. The Kier molecular flexibility index (Phi) is 7.74. The Bertz CT molecular complexity index is 1630. The molecule has 38 heavy (non-hydrogen) atoms. The van der Waals surface area contributed by atoms with E-state index in [4.69, 9.17) is 11.6 Å². The Balaban J connectivity index is 1.41. The molecule has 0 saturated heterocycles. The van der Waals surface area contributed by atoms with Crippen molar-refractivity contribution in [1.29, 1.82) is 0 Å². The highest BCUT2D eigenvalue weighted by Gasteiger charge is 2.19. The summed E-state index contributed by atoms with van der Waals surface area (Å²) in [5, 5.41) is 11.0. The Morgan fingerprint density at radius 3 is 2.39 bits per heavy atom. The molecule has 196 valence electrons. The maximum atomic E-state index is 13.5. The molecule has 0 unspecified atom stereocenters. The van der Waals surface area contributed by atoms with Crippen LogP contribution in [-0.4, -0.2) is 30.4 Å². The van der Waals surface area contributed by atoms with Gasteiger partial charge < -0.3 is 10.6 Å². The fraction of sp³-hybridized carbons (Fsp3) is 0.0800. The van der Waals surface area contributed by atoms with Crippen LogP contribution < -0.4 is 15.4 Å². The number of sulfonamides is 1. The standard InChI is InChI=1S/C25H20ClF2N5O4S/c1-14-6-8-16(9-7-14)38(36,37)33-21-5-3-2-4-15(21)13-29-25(35)22-12-23(32-31-22)30-24(34)17-10-19(27)20(28)11-18(17)26/h2-12,33H,13H2,1H3,(H,29,35)(H2,30,31,32,34). The summed E-state index contributed by atoms with van der Waals surface area (Å²) in [6.45, 7) is 1.81. The molecule has 0 saturated carbocycles. The van der Waals surface area contributed by atoms with Gasteiger partial charge in [0.25, 0.3) is 21.8 Å². The van der Waals surface area contributed by atoms with Crippen LogP contribution in [0, 0.1) is 18.6 Å². The lowest BCUT2D eigenvalue weighted by atomic mass is 10.2. The quantitative estimate of drug-likeness (QED) is 0.234. The van der Waals surface area contributed by atoms with Gasteiger partial charge in [0.1, 0.15) is 5.82 Å². The molecule has 0 bridgehead atoms. The Morgan fingerprint density at radius 2 is 1.66 bits per heavy atom. The molecule has 1 heterocycles. The first-order chi connectivity index (χ1) is 18.0. The van der Waals surface area contributed by atoms with Crippen molar-refractivity contribution in [1.82, 2.24) is 15.5 Å². The SMILES string of the molecule is Cc1ccc(S(=O)(=O)Nc2ccccc2CNC(=O)c2cc(NC(=O)c3cc(F)c(F)cc3Cl)[nH]n2)cc1. The molecule has 0 atom stereocenters. The number of nitrogens with zero attached hydrogens (tertiary/aromatic N) is 1. The van der Waals surface area contributed by atoms with Crippen molar-refractivity contribution < 1.29 is 26.8 Å². The van der Waals surface area contributed by atoms with Gasteiger partial charge in [-0.3, -0.25) is 19.4 Å². The average molecular weight is 560 g/mol. The predicted octanol–water partition coefficient (Wildman–Crippen LogP) is 4.63. The molecule has 4 N–H and O–H groups in total. The zero-order chi connectivity index (χ0) is 27.4. The van der Waals surface area contributed by atoms with Crippen molar-refractivity contribution in [2.45, 2.75) is 18.4 Å². The molecule has 4 aromatic rings. The highest BCUT2D eigenvalue weighted by Crippen LogP contribution is 2.22. The second kappa shape index (κ2) is 11.0. The van der Waals surface area contributed by atoms with Crippen LogP contribution in [0.1, 0.15) is 32.0 Å². The Morgan fingerprint density at radius 1 is 0.974 bits per heavy atom. The number of aromatic nitrogens is 2. The van der Waals surface area contributed by atoms with Gasteiger partial charge in [-0.05, 0) is 42.8 Å². The van der Waals surface area contributed by atoms with E-state index in [-0.39, 0.29) is 39.2 Å². The monoisotopic (exact) mass is 559 g/mol. The fourth-order valence-electron chi connectivity index (χ4n) is 3.35. The first-order valence-electron chi connectivity index (χ1n) is 11.0. The minimum Gasteiger partial charge on any atom is -0.346 e. The minimum absolute atomic E-state index is 0.00667. The number of anilines is 2. The number of H-pyrrole nitrogens is 1. The van der Waals surface area contributed by atoms with E-state index >= 15 is 0 Å². The lowest BCUT2D eigenvalue weighted by Gasteiger charge is -2.13. The van der Waals surface area contributed by atoms with E-state index in [1.807, 2.05) is 6.92 Å². The van der Waals surface area contributed by atoms with Gasteiger partial charge in [-0.15, -0.1) is 0 Å². The summed E-state index contributed by atoms with van der Waals surface area (Å²) in [7, 11) is -3.86. The first kappa shape index (κ1) is 26.8. The number of amides is 2. The third-order valence-electron chi connectivity index (χ3n) is 5.35. The zero-order valence-corrected chi connectivity index (χ0v) is 21.3. The van der Waals surface area contributed by atoms with Crippen LogP contribution in [0.2, 0.25) is 5.02 Å². The van der Waals surface area contributed by atoms with E-state index in [9.17, 15) is 26.8 Å². The molecule has 0 aliphatic rings. The maximum Gasteiger partial charge on any atom is 0.272 e. The van der Waals surface area contributed by atoms with Crippen molar-refractivity contribution in [2.24, 2.45) is 0 Å². The molecule has 1 aromatic heterocycles. The molecule has 0 aliphatic carbocycles. The normalized spacial score (nSPS) is 11.2. The highest BCUT2D eigenvalue weighted by atomic mass is 35.5. The molecule has 0 radical (unpaired) electrons. The van der Waals surface area contributed by atoms with Crippen molar-refractivity contribution in [3.05, 3.63) is 106 Å². The summed E-state index contributed by atoms with van der Waals surface area (Å²) >= 11 is 5.81. The molecule has 0 spiro atoms. The van der Waals surface area contributed by atoms with Gasteiger partial charge in [-0.2, -0.15) is 5.10 Å². The summed E-state index contributed by atoms with van der Waals surface area (Å²) in [5.74, 6) is -3.91. The van der Waals surface area contributed by atoms with Crippen molar-refractivity contribution in [2.75, 3.05) is 10.0 Å². The maximum absolute atomic E-state index is 13.5. The lowest BCUT2D eigenvalue weighted by molar-refractivity contribution is 0.0945. The summed E-state index contributed by atoms with van der Waals surface area (Å²) in [6.07, 6.45) is 0. The second-order valence-electron chi connectivity index (χ2n) is 8.13. The number of carbonyl (C=O) groups is 2. The summed E-state index contributed by atoms with van der Waals surface area (Å²) in [6, 6.07) is 15.5. The third-order valence-corrected chi connectivity index (χ3v) is 7.04. The Labute approximate surface area is 221 Å². The lowest BCUT2D eigenvalue weighted by Crippen LogP contribution is -2.24. The number of hydrogen-bond donors (Lipinski definition) is 4. The third kappa shape index (κ3) is 6.15. The van der Waals surface area contributed by atoms with Gasteiger partial charge in [0, 0.05) is 12.6 Å². The van der Waals surface area contributed by atoms with E-state index in [1.54, 1.807) is 36.4 Å². The van der Waals surface area contributed by atoms with E-state index in [0.717, 1.165) is 5.56 Å². The average Bonchev–Trinajstić information content (AvgIpc) is 3.34. The van der Waals surface area contributed by atoms with E-state index in [1.165, 1.54) is 18.2 Å². The number of para-hydroxylation sites is 1. The highest BCUT2D eigenvalue weighted by molar-refractivity contribution is 7.92. The predicted molar refractivity (Wildman–Crippen MR) is 138 cm³/mol. The van der Waals surface area contributed by atoms with Crippen LogP contribution in [0.3, 0.4) is 0 Å². The van der Waals surface area contributed by atoms with Gasteiger partial charge in [0.05, 0.1) is 21.2 Å². The van der Waals surface area contributed by atoms with Crippen LogP contribution in [0.4, 0.5) is 20.3 Å². The molecule has 9 nitrogen and oxygen atoms in total. The van der Waals surface area contributed by atoms with E-state index in [0.29, 0.717) is 17.7 Å². The van der Waals surface area contributed by atoms with E-state index < -0.39 is 33.5 Å². The molecule has 0 aliphatic heterocycles. The number of aryl methyl sites for hydroxylation is 1. The number of aromatic amines is 1. The van der Waals surface area contributed by atoms with Gasteiger partial charge in [-0.1, -0.05) is 47.5 Å². The van der Waals surface area contributed by atoms with Crippen molar-refractivity contribution >= 4 is 44.9 Å². The van der Waals surface area contributed by atoms with Crippen molar-refractivity contribution in [3.8, 4) is 0 Å². The van der Waals surface area contributed by atoms with Gasteiger partial charge in [-0.25, -0.2) is 17.2 Å². The molecular weight excluding hydrogens is 540 g/mol. The zero-order valence-electron chi connectivity index (χ0n) is 19.7. The first-order valence-corrected chi connectivity index (χ1v) is 12.9. The van der Waals surface area contributed by atoms with Crippen LogP contribution in [0.5, 0.6) is 0 Å². The number of benzene rings is 3. The number of nitrogens with one attached hydrogen (secondary N) is 4. The summed E-state index contributed by atoms with van der Waals surface area (Å²) < 4.78 is 54.8. The smallest absolute Gasteiger partial charge is 0.272 e. The topological polar surface area (TPSA) is 133 Å². The van der Waals surface area contributed by atoms with Gasteiger partial charge in [0.2, 0.25) is 0 Å². The molecule has 2 amide bonds. The Hall–Kier alpha value is -4.29. The number of hydrogen-bond acceptors (Lipinski definition) is 5. The second-order valence-corrected chi connectivity index (χ2v) is 10.2.